The minimum atomic E-state index is -0.725. The van der Waals surface area contributed by atoms with Crippen molar-refractivity contribution in [3.05, 3.63) is 53.2 Å². The first-order valence-corrected chi connectivity index (χ1v) is 7.45. The fraction of sp³-hybridized carbons (Fsp3) is 0.312. The number of cyclic esters (lactones) is 1. The van der Waals surface area contributed by atoms with Gasteiger partial charge in [0.25, 0.3) is 5.76 Å². The largest absolute Gasteiger partial charge is 0.501 e. The quantitative estimate of drug-likeness (QED) is 0.615. The highest BCUT2D eigenvalue weighted by Crippen LogP contribution is 2.26. The van der Waals surface area contributed by atoms with Crippen molar-refractivity contribution >= 4 is 17.6 Å². The Kier molecular flexibility index (Phi) is 5.72. The average Bonchev–Trinajstić information content (AvgIpc) is 2.79. The Bertz CT molecular complexity index is 589. The lowest BCUT2D eigenvalue weighted by molar-refractivity contribution is -0.136. The number of esters is 1. The second-order valence-electron chi connectivity index (χ2n) is 4.57. The standard InChI is InChI=1S/C16H17ClO5/c1-2-9-20-12-5-3-11(4-6-12)10-21-15-14(18)13(7-8-17)22-16(15)19/h3-7,18H,2,8-10H2,1H3/b13-7+. The SMILES string of the molecule is CCCOc1ccc(COC2=C(O)/C(=C\CCl)OC2=O)cc1. The second kappa shape index (κ2) is 7.75. The highest BCUT2D eigenvalue weighted by atomic mass is 35.5. The molecule has 1 aliphatic heterocycles. The van der Waals surface area contributed by atoms with Gasteiger partial charge in [-0.3, -0.25) is 0 Å². The van der Waals surface area contributed by atoms with Crippen molar-refractivity contribution in [2.24, 2.45) is 0 Å². The summed E-state index contributed by atoms with van der Waals surface area (Å²) in [5.41, 5.74) is 0.840. The molecule has 22 heavy (non-hydrogen) atoms. The Morgan fingerprint density at radius 1 is 1.27 bits per heavy atom. The van der Waals surface area contributed by atoms with Crippen molar-refractivity contribution in [3.8, 4) is 5.75 Å². The summed E-state index contributed by atoms with van der Waals surface area (Å²) < 4.78 is 15.7. The maximum absolute atomic E-state index is 11.6. The molecule has 0 atom stereocenters. The number of allylic oxidation sites excluding steroid dienone is 1. The molecule has 118 valence electrons. The average molecular weight is 325 g/mol. The van der Waals surface area contributed by atoms with E-state index in [4.69, 9.17) is 25.8 Å². The number of halogens is 1. The molecule has 1 N–H and O–H groups in total. The summed E-state index contributed by atoms with van der Waals surface area (Å²) in [6.07, 6.45) is 2.34. The maximum Gasteiger partial charge on any atom is 0.383 e. The molecule has 2 rings (SSSR count). The van der Waals surface area contributed by atoms with Crippen LogP contribution in [-0.4, -0.2) is 23.6 Å². The van der Waals surface area contributed by atoms with Gasteiger partial charge in [0.2, 0.25) is 5.76 Å². The Morgan fingerprint density at radius 3 is 2.64 bits per heavy atom. The Hall–Kier alpha value is -2.14. The van der Waals surface area contributed by atoms with Crippen LogP contribution in [0, 0.1) is 0 Å². The van der Waals surface area contributed by atoms with Gasteiger partial charge in [-0.05, 0) is 30.2 Å². The van der Waals surface area contributed by atoms with E-state index in [1.54, 1.807) is 0 Å². The second-order valence-corrected chi connectivity index (χ2v) is 4.88. The molecule has 0 amide bonds. The molecule has 0 aromatic heterocycles. The van der Waals surface area contributed by atoms with Crippen LogP contribution in [0.5, 0.6) is 5.75 Å². The van der Waals surface area contributed by atoms with Gasteiger partial charge in [0.05, 0.1) is 6.61 Å². The molecule has 1 aliphatic rings. The minimum Gasteiger partial charge on any atom is -0.501 e. The summed E-state index contributed by atoms with van der Waals surface area (Å²) in [5.74, 6) is -0.328. The lowest BCUT2D eigenvalue weighted by Crippen LogP contribution is -2.04. The van der Waals surface area contributed by atoms with Gasteiger partial charge in [-0.2, -0.15) is 0 Å². The van der Waals surface area contributed by atoms with E-state index < -0.39 is 5.97 Å². The lowest BCUT2D eigenvalue weighted by atomic mass is 10.2. The first-order chi connectivity index (χ1) is 10.7. The number of ether oxygens (including phenoxy) is 3. The molecule has 1 aromatic rings. The minimum absolute atomic E-state index is 0.0262. The number of alkyl halides is 1. The number of rotatable bonds is 7. The van der Waals surface area contributed by atoms with Crippen LogP contribution < -0.4 is 4.74 Å². The van der Waals surface area contributed by atoms with E-state index in [0.29, 0.717) is 6.61 Å². The predicted octanol–water partition coefficient (Wildman–Crippen LogP) is 3.44. The van der Waals surface area contributed by atoms with Crippen LogP contribution in [-0.2, 0) is 20.9 Å². The van der Waals surface area contributed by atoms with Crippen molar-refractivity contribution in [3.63, 3.8) is 0 Å². The van der Waals surface area contributed by atoms with Gasteiger partial charge in [-0.25, -0.2) is 4.79 Å². The van der Waals surface area contributed by atoms with Crippen LogP contribution in [0.4, 0.5) is 0 Å². The van der Waals surface area contributed by atoms with Crippen LogP contribution in [0.1, 0.15) is 18.9 Å². The van der Waals surface area contributed by atoms with Gasteiger partial charge in [0.15, 0.2) is 5.76 Å². The molecule has 6 heteroatoms. The van der Waals surface area contributed by atoms with E-state index >= 15 is 0 Å². The molecular weight excluding hydrogens is 308 g/mol. The molecule has 0 fully saturated rings. The van der Waals surface area contributed by atoms with E-state index in [-0.39, 0.29) is 29.8 Å². The molecule has 0 saturated heterocycles. The third kappa shape index (κ3) is 3.95. The topological polar surface area (TPSA) is 65.0 Å². The number of aliphatic hydroxyl groups is 1. The van der Waals surface area contributed by atoms with Crippen LogP contribution in [0.3, 0.4) is 0 Å². The number of carbonyl (C=O) groups is 1. The highest BCUT2D eigenvalue weighted by Gasteiger charge is 2.31. The molecule has 0 aliphatic carbocycles. The maximum atomic E-state index is 11.6. The Labute approximate surface area is 133 Å². The Balaban J connectivity index is 1.97. The van der Waals surface area contributed by atoms with Gasteiger partial charge >= 0.3 is 5.97 Å². The number of hydrogen-bond acceptors (Lipinski definition) is 5. The molecule has 0 unspecified atom stereocenters. The summed E-state index contributed by atoms with van der Waals surface area (Å²) in [4.78, 5) is 11.6. The van der Waals surface area contributed by atoms with Crippen LogP contribution >= 0.6 is 11.6 Å². The van der Waals surface area contributed by atoms with Crippen molar-refractivity contribution < 1.29 is 24.1 Å². The molecule has 0 spiro atoms. The van der Waals surface area contributed by atoms with Gasteiger partial charge in [-0.1, -0.05) is 19.1 Å². The predicted molar refractivity (Wildman–Crippen MR) is 81.6 cm³/mol. The zero-order valence-electron chi connectivity index (χ0n) is 12.2. The summed E-state index contributed by atoms with van der Waals surface area (Å²) >= 11 is 5.51. The summed E-state index contributed by atoms with van der Waals surface area (Å²) in [6, 6.07) is 7.32. The van der Waals surface area contributed by atoms with Gasteiger partial charge in [0.1, 0.15) is 12.4 Å². The third-order valence-corrected chi connectivity index (χ3v) is 3.03. The molecule has 1 aromatic carbocycles. The number of benzene rings is 1. The summed E-state index contributed by atoms with van der Waals surface area (Å²) in [7, 11) is 0. The first kappa shape index (κ1) is 16.2. The van der Waals surface area contributed by atoms with Crippen molar-refractivity contribution in [2.75, 3.05) is 12.5 Å². The lowest BCUT2D eigenvalue weighted by Gasteiger charge is -2.07. The normalized spacial score (nSPS) is 16.1. The van der Waals surface area contributed by atoms with E-state index in [0.717, 1.165) is 17.7 Å². The van der Waals surface area contributed by atoms with E-state index in [1.807, 2.05) is 31.2 Å². The molecular formula is C16H17ClO5. The summed E-state index contributed by atoms with van der Waals surface area (Å²) in [6.45, 7) is 2.84. The van der Waals surface area contributed by atoms with Gasteiger partial charge < -0.3 is 19.3 Å². The van der Waals surface area contributed by atoms with E-state index in [2.05, 4.69) is 0 Å². The monoisotopic (exact) mass is 324 g/mol. The van der Waals surface area contributed by atoms with Crippen LogP contribution in [0.15, 0.2) is 47.6 Å². The highest BCUT2D eigenvalue weighted by molar-refractivity contribution is 6.19. The van der Waals surface area contributed by atoms with Gasteiger partial charge in [-0.15, -0.1) is 11.6 Å². The van der Waals surface area contributed by atoms with Gasteiger partial charge in [0, 0.05) is 5.88 Å². The zero-order chi connectivity index (χ0) is 15.9. The van der Waals surface area contributed by atoms with Crippen LogP contribution in [0.25, 0.3) is 0 Å². The zero-order valence-corrected chi connectivity index (χ0v) is 12.9. The smallest absolute Gasteiger partial charge is 0.383 e. The molecule has 0 saturated carbocycles. The fourth-order valence-corrected chi connectivity index (χ4v) is 1.94. The molecule has 5 nitrogen and oxygen atoms in total. The number of carbonyl (C=O) groups excluding carboxylic acids is 1. The molecule has 0 radical (unpaired) electrons. The number of hydrogen-bond donors (Lipinski definition) is 1. The van der Waals surface area contributed by atoms with E-state index in [9.17, 15) is 9.90 Å². The molecule has 0 bridgehead atoms. The van der Waals surface area contributed by atoms with Crippen molar-refractivity contribution in [2.45, 2.75) is 20.0 Å². The van der Waals surface area contributed by atoms with Crippen molar-refractivity contribution in [1.29, 1.82) is 0 Å². The number of aliphatic hydroxyl groups excluding tert-OH is 1. The Morgan fingerprint density at radius 2 is 2.00 bits per heavy atom. The first-order valence-electron chi connectivity index (χ1n) is 6.92. The van der Waals surface area contributed by atoms with Crippen LogP contribution in [0.2, 0.25) is 0 Å². The van der Waals surface area contributed by atoms with Crippen molar-refractivity contribution in [1.82, 2.24) is 0 Å². The third-order valence-electron chi connectivity index (χ3n) is 2.88. The molecule has 1 heterocycles. The fourth-order valence-electron chi connectivity index (χ4n) is 1.80. The van der Waals surface area contributed by atoms with E-state index in [1.165, 1.54) is 6.08 Å². The summed E-state index contributed by atoms with van der Waals surface area (Å²) in [5, 5.41) is 9.83.